The smallest absolute Gasteiger partial charge is 0.303 e. The summed E-state index contributed by atoms with van der Waals surface area (Å²) in [6.07, 6.45) is 0.495. The van der Waals surface area contributed by atoms with E-state index in [1.54, 1.807) is 0 Å². The first-order chi connectivity index (χ1) is 18.2. The van der Waals surface area contributed by atoms with Crippen molar-refractivity contribution in [3.8, 4) is 0 Å². The SMILES string of the molecule is CNCCOCCOCCOCCOCCOCCOCCOCCOCCCNC(=O)CCC(=O)O. The van der Waals surface area contributed by atoms with Crippen LogP contribution in [0.4, 0.5) is 0 Å². The van der Waals surface area contributed by atoms with Crippen molar-refractivity contribution in [1.82, 2.24) is 10.6 Å². The third kappa shape index (κ3) is 32.6. The summed E-state index contributed by atoms with van der Waals surface area (Å²) in [4.78, 5) is 21.7. The maximum atomic E-state index is 11.3. The largest absolute Gasteiger partial charge is 0.481 e. The Morgan fingerprint density at radius 3 is 1.22 bits per heavy atom. The van der Waals surface area contributed by atoms with E-state index in [9.17, 15) is 9.59 Å². The Bertz CT molecular complexity index is 501. The Labute approximate surface area is 220 Å². The fourth-order valence-corrected chi connectivity index (χ4v) is 2.53. The summed E-state index contributed by atoms with van der Waals surface area (Å²) in [7, 11) is 1.89. The molecule has 0 aromatic carbocycles. The Morgan fingerprint density at radius 2 is 0.865 bits per heavy atom. The molecular weight excluding hydrogens is 492 g/mol. The molecule has 0 aliphatic rings. The van der Waals surface area contributed by atoms with Crippen molar-refractivity contribution in [2.75, 3.05) is 126 Å². The number of likely N-dealkylation sites (N-methyl/N-ethyl adjacent to an activating group) is 1. The molecular formula is C24H48N2O11. The van der Waals surface area contributed by atoms with Gasteiger partial charge in [0.25, 0.3) is 0 Å². The highest BCUT2D eigenvalue weighted by molar-refractivity contribution is 5.80. The Balaban J connectivity index is 3.07. The van der Waals surface area contributed by atoms with Gasteiger partial charge < -0.3 is 53.6 Å². The number of rotatable bonds is 31. The summed E-state index contributed by atoms with van der Waals surface area (Å²) in [5, 5.41) is 14.2. The monoisotopic (exact) mass is 540 g/mol. The van der Waals surface area contributed by atoms with Gasteiger partial charge in [-0.05, 0) is 13.5 Å². The van der Waals surface area contributed by atoms with Gasteiger partial charge in [-0.1, -0.05) is 0 Å². The van der Waals surface area contributed by atoms with Crippen LogP contribution in [-0.2, 0) is 47.5 Å². The van der Waals surface area contributed by atoms with Gasteiger partial charge in [0.1, 0.15) is 0 Å². The lowest BCUT2D eigenvalue weighted by atomic mass is 10.3. The van der Waals surface area contributed by atoms with E-state index >= 15 is 0 Å². The quantitative estimate of drug-likeness (QED) is 0.0991. The van der Waals surface area contributed by atoms with E-state index in [-0.39, 0.29) is 18.7 Å². The lowest BCUT2D eigenvalue weighted by molar-refractivity contribution is -0.138. The second-order valence-electron chi connectivity index (χ2n) is 7.60. The maximum Gasteiger partial charge on any atom is 0.303 e. The highest BCUT2D eigenvalue weighted by Gasteiger charge is 2.04. The number of carboxylic acid groups (broad SMARTS) is 1. The first kappa shape index (κ1) is 35.6. The van der Waals surface area contributed by atoms with Crippen LogP contribution in [0.25, 0.3) is 0 Å². The van der Waals surface area contributed by atoms with Gasteiger partial charge >= 0.3 is 5.97 Å². The molecule has 0 unspecified atom stereocenters. The van der Waals surface area contributed by atoms with E-state index in [2.05, 4.69) is 10.6 Å². The van der Waals surface area contributed by atoms with Crippen molar-refractivity contribution in [3.63, 3.8) is 0 Å². The predicted octanol–water partition coefficient (Wildman–Crippen LogP) is -0.290. The minimum atomic E-state index is -0.979. The summed E-state index contributed by atoms with van der Waals surface area (Å²) in [6.45, 7) is 9.60. The number of ether oxygens (including phenoxy) is 8. The van der Waals surface area contributed by atoms with Crippen LogP contribution in [0.2, 0.25) is 0 Å². The van der Waals surface area contributed by atoms with Gasteiger partial charge in [-0.2, -0.15) is 0 Å². The molecule has 0 aromatic rings. The maximum absolute atomic E-state index is 11.3. The molecule has 0 saturated carbocycles. The second-order valence-corrected chi connectivity index (χ2v) is 7.60. The van der Waals surface area contributed by atoms with E-state index in [1.807, 2.05) is 7.05 Å². The third-order valence-corrected chi connectivity index (χ3v) is 4.45. The van der Waals surface area contributed by atoms with Gasteiger partial charge in [0.15, 0.2) is 0 Å². The van der Waals surface area contributed by atoms with Crippen LogP contribution in [0.1, 0.15) is 19.3 Å². The number of hydrogen-bond donors (Lipinski definition) is 3. The summed E-state index contributed by atoms with van der Waals surface area (Å²) in [6, 6.07) is 0. The van der Waals surface area contributed by atoms with Crippen LogP contribution in [-0.4, -0.2) is 143 Å². The van der Waals surface area contributed by atoms with Gasteiger partial charge in [-0.15, -0.1) is 0 Å². The molecule has 13 nitrogen and oxygen atoms in total. The summed E-state index contributed by atoms with van der Waals surface area (Å²) >= 11 is 0. The Morgan fingerprint density at radius 1 is 0.514 bits per heavy atom. The number of carboxylic acids is 1. The number of nitrogens with one attached hydrogen (secondary N) is 2. The van der Waals surface area contributed by atoms with Crippen molar-refractivity contribution in [2.24, 2.45) is 0 Å². The highest BCUT2D eigenvalue weighted by Crippen LogP contribution is 1.90. The molecule has 1 amide bonds. The minimum absolute atomic E-state index is 0.00482. The fourth-order valence-electron chi connectivity index (χ4n) is 2.53. The fraction of sp³-hybridized carbons (Fsp3) is 0.917. The molecule has 0 saturated heterocycles. The predicted molar refractivity (Wildman–Crippen MR) is 135 cm³/mol. The van der Waals surface area contributed by atoms with E-state index in [4.69, 9.17) is 43.0 Å². The van der Waals surface area contributed by atoms with Gasteiger partial charge in [-0.25, -0.2) is 0 Å². The average molecular weight is 541 g/mol. The number of hydrogen-bond acceptors (Lipinski definition) is 11. The molecule has 0 heterocycles. The van der Waals surface area contributed by atoms with Crippen molar-refractivity contribution in [2.45, 2.75) is 19.3 Å². The molecule has 13 heteroatoms. The lowest BCUT2D eigenvalue weighted by Crippen LogP contribution is -2.25. The second kappa shape index (κ2) is 30.8. The summed E-state index contributed by atoms with van der Waals surface area (Å²) in [5.74, 6) is -1.24. The molecule has 0 bridgehead atoms. The van der Waals surface area contributed by atoms with E-state index in [0.29, 0.717) is 119 Å². The van der Waals surface area contributed by atoms with Gasteiger partial charge in [0.05, 0.1) is 106 Å². The number of amides is 1. The first-order valence-corrected chi connectivity index (χ1v) is 12.9. The highest BCUT2D eigenvalue weighted by atomic mass is 16.6. The molecule has 37 heavy (non-hydrogen) atoms. The number of carbonyl (C=O) groups is 2. The standard InChI is InChI=1S/C24H48N2O11/c1-25-6-8-31-10-12-33-14-16-35-18-20-37-22-21-36-19-17-34-15-13-32-11-9-30-7-2-5-26-23(27)3-4-24(28)29/h25H,2-22H2,1H3,(H,26,27)(H,28,29). The van der Waals surface area contributed by atoms with Crippen LogP contribution < -0.4 is 10.6 Å². The van der Waals surface area contributed by atoms with Crippen LogP contribution in [0.3, 0.4) is 0 Å². The van der Waals surface area contributed by atoms with E-state index in [1.165, 1.54) is 0 Å². The van der Waals surface area contributed by atoms with E-state index < -0.39 is 5.97 Å². The van der Waals surface area contributed by atoms with Crippen LogP contribution in [0, 0.1) is 0 Å². The van der Waals surface area contributed by atoms with Gasteiger partial charge in [0.2, 0.25) is 5.91 Å². The average Bonchev–Trinajstić information content (AvgIpc) is 2.89. The molecule has 220 valence electrons. The van der Waals surface area contributed by atoms with Crippen molar-refractivity contribution < 1.29 is 52.6 Å². The lowest BCUT2D eigenvalue weighted by Gasteiger charge is -2.09. The number of aliphatic carboxylic acids is 1. The van der Waals surface area contributed by atoms with Gasteiger partial charge in [0, 0.05) is 26.1 Å². The normalized spacial score (nSPS) is 11.2. The number of carbonyl (C=O) groups excluding carboxylic acids is 1. The van der Waals surface area contributed by atoms with E-state index in [0.717, 1.165) is 6.54 Å². The Hall–Kier alpha value is -1.42. The van der Waals surface area contributed by atoms with Crippen molar-refractivity contribution >= 4 is 11.9 Å². The van der Waals surface area contributed by atoms with Crippen LogP contribution >= 0.6 is 0 Å². The van der Waals surface area contributed by atoms with Crippen molar-refractivity contribution in [1.29, 1.82) is 0 Å². The molecule has 0 fully saturated rings. The molecule has 3 N–H and O–H groups in total. The minimum Gasteiger partial charge on any atom is -0.481 e. The zero-order chi connectivity index (χ0) is 27.1. The molecule has 0 atom stereocenters. The zero-order valence-electron chi connectivity index (χ0n) is 22.4. The Kier molecular flexibility index (Phi) is 29.6. The molecule has 0 spiro atoms. The third-order valence-electron chi connectivity index (χ3n) is 4.45. The molecule has 0 aliphatic heterocycles. The molecule has 0 radical (unpaired) electrons. The molecule has 0 aliphatic carbocycles. The molecule has 0 rings (SSSR count). The zero-order valence-corrected chi connectivity index (χ0v) is 22.4. The van der Waals surface area contributed by atoms with Crippen LogP contribution in [0.5, 0.6) is 0 Å². The van der Waals surface area contributed by atoms with Crippen molar-refractivity contribution in [3.05, 3.63) is 0 Å². The van der Waals surface area contributed by atoms with Crippen LogP contribution in [0.15, 0.2) is 0 Å². The molecule has 0 aromatic heterocycles. The summed E-state index contributed by atoms with van der Waals surface area (Å²) < 4.78 is 43.2. The summed E-state index contributed by atoms with van der Waals surface area (Å²) in [5.41, 5.74) is 0. The topological polar surface area (TPSA) is 152 Å². The first-order valence-electron chi connectivity index (χ1n) is 12.9. The van der Waals surface area contributed by atoms with Gasteiger partial charge in [-0.3, -0.25) is 9.59 Å².